The molecule has 18 nitrogen and oxygen atoms in total. The van der Waals surface area contributed by atoms with Crippen molar-refractivity contribution in [2.45, 2.75) is 37.5 Å². The van der Waals surface area contributed by atoms with Gasteiger partial charge in [-0.1, -0.05) is 89.6 Å². The number of nitrogens with zero attached hydrogens (tertiary/aromatic N) is 5. The van der Waals surface area contributed by atoms with Crippen molar-refractivity contribution in [1.82, 2.24) is 0 Å². The molecule has 380 valence electrons. The average Bonchev–Trinajstić information content (AvgIpc) is 3.35. The molecule has 0 heterocycles. The summed E-state index contributed by atoms with van der Waals surface area (Å²) in [7, 11) is -9.39. The number of phenolic OH excluding ortho intramolecular Hbond substituents is 1. The molecule has 0 aromatic heterocycles. The number of carbonyl (C=O) groups excluding carboxylic acids is 1. The molecule has 8 aromatic rings. The molecule has 75 heavy (non-hydrogen) atoms. The Labute approximate surface area is 470 Å². The molecule has 4 N–H and O–H groups in total. The summed E-state index contributed by atoms with van der Waals surface area (Å²) in [5.41, 5.74) is -0.0241. The van der Waals surface area contributed by atoms with E-state index in [-0.39, 0.29) is 92.8 Å². The molecule has 0 spiro atoms. The Morgan fingerprint density at radius 2 is 1.11 bits per heavy atom. The number of halogens is 2. The summed E-state index contributed by atoms with van der Waals surface area (Å²) in [4.78, 5) is 16.1. The molecule has 0 saturated heterocycles. The first-order chi connectivity index (χ1) is 35.2. The van der Waals surface area contributed by atoms with Gasteiger partial charge in [-0.05, 0) is 122 Å². The van der Waals surface area contributed by atoms with Crippen LogP contribution >= 0.6 is 23.2 Å². The van der Waals surface area contributed by atoms with Crippen molar-refractivity contribution in [3.63, 3.8) is 0 Å². The van der Waals surface area contributed by atoms with Gasteiger partial charge < -0.3 is 30.1 Å². The number of ether oxygens (including phenoxy) is 2. The minimum Gasteiger partial charge on any atom is -0.871 e. The van der Waals surface area contributed by atoms with Crippen molar-refractivity contribution >= 4 is 149 Å². The number of azo groups is 2. The van der Waals surface area contributed by atoms with E-state index in [0.717, 1.165) is 0 Å². The van der Waals surface area contributed by atoms with Gasteiger partial charge in [0.2, 0.25) is 0 Å². The van der Waals surface area contributed by atoms with Crippen LogP contribution < -0.4 is 25.0 Å². The molecule has 0 unspecified atom stereocenters. The zero-order valence-corrected chi connectivity index (χ0v) is 45.5. The topological polar surface area (TPSA) is 284 Å². The number of amides is 1. The van der Waals surface area contributed by atoms with Crippen molar-refractivity contribution in [1.29, 1.82) is 0 Å². The van der Waals surface area contributed by atoms with Crippen LogP contribution in [0.4, 0.5) is 34.1 Å². The fourth-order valence-corrected chi connectivity index (χ4v) is 9.67. The maximum absolute atomic E-state index is 13.4. The molecule has 0 bridgehead atoms. The SMILES string of the molecule is CCOc1cccc(N=C([O-])c2cc3ccccc3c(N=Nc3ccc(Cl)c(C)c3S(=O)(=O)O)c2[O-])c1.CCOc1cccc(NC(=O)c2cc3ccccc3c(N=Nc3ccc(Cl)c(C)c3S(=O)(=O)O)c2O)c1.[Ca+2]. The molecular weight excluding hydrogens is 1080 g/mol. The van der Waals surface area contributed by atoms with Gasteiger partial charge in [0, 0.05) is 38.6 Å². The van der Waals surface area contributed by atoms with Crippen LogP contribution in [0.25, 0.3) is 21.5 Å². The molecule has 8 rings (SSSR count). The van der Waals surface area contributed by atoms with Gasteiger partial charge in [0.1, 0.15) is 38.4 Å². The Balaban J connectivity index is 0.000000241. The van der Waals surface area contributed by atoms with Crippen molar-refractivity contribution in [2.24, 2.45) is 25.4 Å². The second kappa shape index (κ2) is 24.7. The van der Waals surface area contributed by atoms with Crippen LogP contribution in [-0.4, -0.2) is 93.8 Å². The van der Waals surface area contributed by atoms with E-state index >= 15 is 0 Å². The number of aliphatic imine (C=N–C) groups is 1. The third-order valence-electron chi connectivity index (χ3n) is 10.9. The summed E-state index contributed by atoms with van der Waals surface area (Å²) < 4.78 is 78.2. The average molecular weight is 1120 g/mol. The Kier molecular flexibility index (Phi) is 19.0. The number of hydrogen-bond acceptors (Lipinski definition) is 15. The molecule has 0 aliphatic heterocycles. The molecule has 23 heteroatoms. The van der Waals surface area contributed by atoms with Gasteiger partial charge in [-0.3, -0.25) is 18.9 Å². The zero-order chi connectivity index (χ0) is 53.5. The van der Waals surface area contributed by atoms with Gasteiger partial charge in [0.05, 0.1) is 30.2 Å². The normalized spacial score (nSPS) is 11.9. The molecule has 0 fully saturated rings. The van der Waals surface area contributed by atoms with Crippen molar-refractivity contribution in [3.05, 3.63) is 166 Å². The summed E-state index contributed by atoms with van der Waals surface area (Å²) in [6.07, 6.45) is 0. The molecule has 0 radical (unpaired) electrons. The van der Waals surface area contributed by atoms with E-state index in [1.807, 2.05) is 13.8 Å². The molecule has 0 atom stereocenters. The second-order valence-electron chi connectivity index (χ2n) is 15.8. The van der Waals surface area contributed by atoms with Gasteiger partial charge in [0.15, 0.2) is 5.75 Å². The summed E-state index contributed by atoms with van der Waals surface area (Å²) in [6, 6.07) is 35.3. The molecule has 0 aliphatic rings. The van der Waals surface area contributed by atoms with Gasteiger partial charge in [0.25, 0.3) is 26.1 Å². The predicted molar refractivity (Wildman–Crippen MR) is 284 cm³/mol. The van der Waals surface area contributed by atoms with Crippen LogP contribution in [-0.2, 0) is 20.2 Å². The number of hydrogen-bond donors (Lipinski definition) is 4. The van der Waals surface area contributed by atoms with Crippen LogP contribution in [0.15, 0.2) is 169 Å². The Hall–Kier alpha value is -6.72. The maximum Gasteiger partial charge on any atom is 2.00 e. The van der Waals surface area contributed by atoms with E-state index in [4.69, 9.17) is 32.7 Å². The largest absolute Gasteiger partial charge is 2.00 e. The van der Waals surface area contributed by atoms with Crippen molar-refractivity contribution < 1.29 is 55.5 Å². The third kappa shape index (κ3) is 13.6. The number of fused-ring (bicyclic) bond motifs is 2. The number of carbonyl (C=O) groups is 1. The first-order valence-corrected chi connectivity index (χ1v) is 25.7. The second-order valence-corrected chi connectivity index (χ2v) is 19.4. The van der Waals surface area contributed by atoms with Crippen molar-refractivity contribution in [3.8, 4) is 23.0 Å². The van der Waals surface area contributed by atoms with Crippen LogP contribution in [0.3, 0.4) is 0 Å². The van der Waals surface area contributed by atoms with Gasteiger partial charge >= 0.3 is 37.7 Å². The fourth-order valence-electron chi connectivity index (χ4n) is 7.50. The Morgan fingerprint density at radius 1 is 0.627 bits per heavy atom. The number of nitrogens with one attached hydrogen (secondary N) is 1. The van der Waals surface area contributed by atoms with Crippen LogP contribution in [0, 0.1) is 13.8 Å². The number of aromatic hydroxyl groups is 1. The Morgan fingerprint density at radius 3 is 1.64 bits per heavy atom. The summed E-state index contributed by atoms with van der Waals surface area (Å²) in [6.45, 7) is 7.40. The van der Waals surface area contributed by atoms with Gasteiger partial charge in [-0.2, -0.15) is 21.9 Å². The first-order valence-electron chi connectivity index (χ1n) is 22.1. The van der Waals surface area contributed by atoms with E-state index in [1.165, 1.54) is 50.2 Å². The quantitative estimate of drug-likeness (QED) is 0.0260. The maximum atomic E-state index is 13.4. The van der Waals surface area contributed by atoms with E-state index in [2.05, 4.69) is 30.8 Å². The Bertz CT molecular complexity index is 3830. The van der Waals surface area contributed by atoms with Crippen LogP contribution in [0.5, 0.6) is 23.0 Å². The van der Waals surface area contributed by atoms with Crippen molar-refractivity contribution in [2.75, 3.05) is 18.5 Å². The summed E-state index contributed by atoms with van der Waals surface area (Å²) in [5, 5.41) is 58.4. The van der Waals surface area contributed by atoms with Gasteiger partial charge in [-0.15, -0.1) is 15.3 Å². The number of anilines is 1. The third-order valence-corrected chi connectivity index (χ3v) is 13.8. The van der Waals surface area contributed by atoms with E-state index < -0.39 is 53.3 Å². The molecule has 8 aromatic carbocycles. The molecule has 0 saturated carbocycles. The van der Waals surface area contributed by atoms with Crippen LogP contribution in [0.2, 0.25) is 10.0 Å². The number of phenols is 1. The summed E-state index contributed by atoms with van der Waals surface area (Å²) >= 11 is 12.0. The standard InChI is InChI=1S/2C26H22ClN3O6S.Ca/c2*1-3-36-18-9-6-8-17(14-18)28-26(32)20-13-16-7-4-5-10-19(16)23(24(20)31)30-29-22-12-11-21(27)15(2)25(22)37(33,34)35;/h2*4-14,31H,3H2,1-2H3,(H,28,32)(H,33,34,35);/q;;+2/p-2. The van der Waals surface area contributed by atoms with E-state index in [9.17, 15) is 46.1 Å². The monoisotopic (exact) mass is 1120 g/mol. The molecule has 0 aliphatic carbocycles. The smallest absolute Gasteiger partial charge is 0.871 e. The molecular formula is C52H42CaCl2N6O12S2. The van der Waals surface area contributed by atoms with E-state index in [0.29, 0.717) is 57.6 Å². The molecule has 1 amide bonds. The predicted octanol–water partition coefficient (Wildman–Crippen LogP) is 11.8. The van der Waals surface area contributed by atoms with E-state index in [1.54, 1.807) is 97.1 Å². The minimum atomic E-state index is -4.70. The minimum absolute atomic E-state index is 0. The summed E-state index contributed by atoms with van der Waals surface area (Å²) in [5.74, 6) is -1.49. The number of benzene rings is 8. The fraction of sp³-hybridized carbons (Fsp3) is 0.115. The first kappa shape index (κ1) is 57.6. The van der Waals surface area contributed by atoms with Gasteiger partial charge in [-0.25, -0.2) is 0 Å². The zero-order valence-electron chi connectivity index (χ0n) is 40.1. The van der Waals surface area contributed by atoms with Crippen LogP contribution in [0.1, 0.15) is 40.9 Å². The number of rotatable bonds is 14.